The van der Waals surface area contributed by atoms with E-state index in [-0.39, 0.29) is 0 Å². The largest absolute Gasteiger partial charge is 0.383 e. The molecule has 0 bridgehead atoms. The standard InChI is InChI=1S/C10H7BrN4/c1-5-2-3-6-8(14-5)7(4-12)9(11)15-10(6)13/h2-3H,1H3,(H2,13,15). The molecule has 0 radical (unpaired) electrons. The number of nitrogen functional groups attached to an aromatic ring is 1. The van der Waals surface area contributed by atoms with E-state index in [1.165, 1.54) is 0 Å². The van der Waals surface area contributed by atoms with Crippen molar-refractivity contribution in [3.05, 3.63) is 28.0 Å². The first kappa shape index (κ1) is 9.87. The smallest absolute Gasteiger partial charge is 0.134 e. The third-order valence-corrected chi connectivity index (χ3v) is 2.66. The van der Waals surface area contributed by atoms with Gasteiger partial charge >= 0.3 is 0 Å². The van der Waals surface area contributed by atoms with Gasteiger partial charge in [0.15, 0.2) is 0 Å². The van der Waals surface area contributed by atoms with Gasteiger partial charge in [-0.3, -0.25) is 4.98 Å². The zero-order valence-electron chi connectivity index (χ0n) is 7.95. The molecular formula is C10H7BrN4. The lowest BCUT2D eigenvalue weighted by Crippen LogP contribution is -1.98. The third kappa shape index (κ3) is 1.53. The fraction of sp³-hybridized carbons (Fsp3) is 0.100. The highest BCUT2D eigenvalue weighted by molar-refractivity contribution is 9.10. The highest BCUT2D eigenvalue weighted by atomic mass is 79.9. The quantitative estimate of drug-likeness (QED) is 0.739. The topological polar surface area (TPSA) is 75.6 Å². The van der Waals surface area contributed by atoms with Crippen LogP contribution in [0.4, 0.5) is 5.82 Å². The zero-order valence-corrected chi connectivity index (χ0v) is 9.54. The molecule has 2 N–H and O–H groups in total. The second-order valence-electron chi connectivity index (χ2n) is 3.12. The maximum Gasteiger partial charge on any atom is 0.134 e. The van der Waals surface area contributed by atoms with Crippen LogP contribution in [0, 0.1) is 18.3 Å². The van der Waals surface area contributed by atoms with E-state index >= 15 is 0 Å². The summed E-state index contributed by atoms with van der Waals surface area (Å²) >= 11 is 3.20. The van der Waals surface area contributed by atoms with Crippen molar-refractivity contribution in [2.75, 3.05) is 5.73 Å². The molecule has 4 nitrogen and oxygen atoms in total. The van der Waals surface area contributed by atoms with E-state index in [9.17, 15) is 0 Å². The van der Waals surface area contributed by atoms with Gasteiger partial charge in [0.25, 0.3) is 0 Å². The molecule has 0 saturated heterocycles. The lowest BCUT2D eigenvalue weighted by Gasteiger charge is -2.05. The van der Waals surface area contributed by atoms with Crippen LogP contribution in [-0.4, -0.2) is 9.97 Å². The number of pyridine rings is 2. The number of nitriles is 1. The van der Waals surface area contributed by atoms with Crippen LogP contribution in [0.25, 0.3) is 10.9 Å². The molecule has 0 unspecified atom stereocenters. The molecule has 0 saturated carbocycles. The molecule has 0 aliphatic carbocycles. The predicted octanol–water partition coefficient (Wildman–Crippen LogP) is 2.15. The summed E-state index contributed by atoms with van der Waals surface area (Å²) in [6.07, 6.45) is 0. The van der Waals surface area contributed by atoms with Gasteiger partial charge in [0, 0.05) is 11.1 Å². The van der Waals surface area contributed by atoms with E-state index < -0.39 is 0 Å². The van der Waals surface area contributed by atoms with E-state index in [0.29, 0.717) is 26.9 Å². The molecule has 0 aromatic carbocycles. The third-order valence-electron chi connectivity index (χ3n) is 2.08. The minimum atomic E-state index is 0.378. The summed E-state index contributed by atoms with van der Waals surface area (Å²) in [6.45, 7) is 1.87. The van der Waals surface area contributed by atoms with Crippen LogP contribution in [0.5, 0.6) is 0 Å². The lowest BCUT2D eigenvalue weighted by atomic mass is 10.1. The Morgan fingerprint density at radius 2 is 2.13 bits per heavy atom. The monoisotopic (exact) mass is 262 g/mol. The SMILES string of the molecule is Cc1ccc2c(N)nc(Br)c(C#N)c2n1. The Kier molecular flexibility index (Phi) is 2.29. The first-order chi connectivity index (χ1) is 7.13. The summed E-state index contributed by atoms with van der Waals surface area (Å²) in [5.41, 5.74) is 7.60. The average molecular weight is 263 g/mol. The number of nitrogens with two attached hydrogens (primary N) is 1. The van der Waals surface area contributed by atoms with Crippen LogP contribution in [-0.2, 0) is 0 Å². The summed E-state index contributed by atoms with van der Waals surface area (Å²) in [7, 11) is 0. The maximum atomic E-state index is 9.00. The Bertz CT molecular complexity index is 586. The van der Waals surface area contributed by atoms with Gasteiger partial charge in [-0.05, 0) is 35.0 Å². The molecule has 0 fully saturated rings. The summed E-state index contributed by atoms with van der Waals surface area (Å²) < 4.78 is 0.438. The van der Waals surface area contributed by atoms with Crippen LogP contribution >= 0.6 is 15.9 Å². The molecular weight excluding hydrogens is 256 g/mol. The van der Waals surface area contributed by atoms with Crippen molar-refractivity contribution in [2.45, 2.75) is 6.92 Å². The van der Waals surface area contributed by atoms with Gasteiger partial charge in [-0.2, -0.15) is 5.26 Å². The molecule has 2 heterocycles. The van der Waals surface area contributed by atoms with Crippen LogP contribution < -0.4 is 5.73 Å². The minimum Gasteiger partial charge on any atom is -0.383 e. The second-order valence-corrected chi connectivity index (χ2v) is 3.87. The van der Waals surface area contributed by atoms with Crippen LogP contribution in [0.3, 0.4) is 0 Å². The lowest BCUT2D eigenvalue weighted by molar-refractivity contribution is 1.22. The highest BCUT2D eigenvalue weighted by Gasteiger charge is 2.11. The molecule has 74 valence electrons. The Labute approximate surface area is 94.9 Å². The number of hydrogen-bond acceptors (Lipinski definition) is 4. The normalized spacial score (nSPS) is 10.2. The predicted molar refractivity (Wildman–Crippen MR) is 61.1 cm³/mol. The molecule has 0 spiro atoms. The summed E-state index contributed by atoms with van der Waals surface area (Å²) in [6, 6.07) is 5.73. The number of fused-ring (bicyclic) bond motifs is 1. The van der Waals surface area contributed by atoms with Crippen molar-refractivity contribution in [1.82, 2.24) is 9.97 Å². The average Bonchev–Trinajstić information content (AvgIpc) is 2.17. The Balaban J connectivity index is 3.00. The zero-order chi connectivity index (χ0) is 11.0. The number of aromatic nitrogens is 2. The van der Waals surface area contributed by atoms with Crippen molar-refractivity contribution in [3.63, 3.8) is 0 Å². The summed E-state index contributed by atoms with van der Waals surface area (Å²) in [5.74, 6) is 0.378. The fourth-order valence-corrected chi connectivity index (χ4v) is 1.84. The Hall–Kier alpha value is -1.67. The highest BCUT2D eigenvalue weighted by Crippen LogP contribution is 2.26. The van der Waals surface area contributed by atoms with Crippen LogP contribution in [0.15, 0.2) is 16.7 Å². The first-order valence-corrected chi connectivity index (χ1v) is 5.05. The van der Waals surface area contributed by atoms with Crippen molar-refractivity contribution < 1.29 is 0 Å². The van der Waals surface area contributed by atoms with E-state index in [0.717, 1.165) is 5.69 Å². The number of aryl methyl sites for hydroxylation is 1. The van der Waals surface area contributed by atoms with Crippen LogP contribution in [0.2, 0.25) is 0 Å². The molecule has 15 heavy (non-hydrogen) atoms. The summed E-state index contributed by atoms with van der Waals surface area (Å²) in [4.78, 5) is 8.33. The molecule has 0 aliphatic heterocycles. The van der Waals surface area contributed by atoms with Crippen molar-refractivity contribution in [3.8, 4) is 6.07 Å². The molecule has 2 aromatic heterocycles. The molecule has 2 aromatic rings. The fourth-order valence-electron chi connectivity index (χ4n) is 1.37. The van der Waals surface area contributed by atoms with Gasteiger partial charge in [0.2, 0.25) is 0 Å². The first-order valence-electron chi connectivity index (χ1n) is 4.26. The van der Waals surface area contributed by atoms with Gasteiger partial charge < -0.3 is 5.73 Å². The van der Waals surface area contributed by atoms with E-state index in [4.69, 9.17) is 11.0 Å². The van der Waals surface area contributed by atoms with E-state index in [2.05, 4.69) is 32.0 Å². The van der Waals surface area contributed by atoms with Gasteiger partial charge in [0.1, 0.15) is 22.1 Å². The second kappa shape index (κ2) is 3.48. The Morgan fingerprint density at radius 3 is 2.80 bits per heavy atom. The number of rotatable bonds is 0. The molecule has 5 heteroatoms. The van der Waals surface area contributed by atoms with E-state index in [1.54, 1.807) is 0 Å². The number of anilines is 1. The molecule has 0 aliphatic rings. The van der Waals surface area contributed by atoms with Gasteiger partial charge in [-0.15, -0.1) is 0 Å². The van der Waals surface area contributed by atoms with Gasteiger partial charge in [-0.1, -0.05) is 0 Å². The number of nitrogens with zero attached hydrogens (tertiary/aromatic N) is 3. The van der Waals surface area contributed by atoms with Gasteiger partial charge in [0.05, 0.1) is 5.52 Å². The van der Waals surface area contributed by atoms with Crippen molar-refractivity contribution in [1.29, 1.82) is 5.26 Å². The Morgan fingerprint density at radius 1 is 1.40 bits per heavy atom. The summed E-state index contributed by atoms with van der Waals surface area (Å²) in [5, 5.41) is 9.71. The minimum absolute atomic E-state index is 0.378. The van der Waals surface area contributed by atoms with Crippen molar-refractivity contribution >= 4 is 32.7 Å². The van der Waals surface area contributed by atoms with Crippen molar-refractivity contribution in [2.24, 2.45) is 0 Å². The molecule has 0 atom stereocenters. The maximum absolute atomic E-state index is 9.00. The number of hydrogen-bond donors (Lipinski definition) is 1. The molecule has 2 rings (SSSR count). The molecule has 0 amide bonds. The van der Waals surface area contributed by atoms with Gasteiger partial charge in [-0.25, -0.2) is 4.98 Å². The number of halogens is 1. The van der Waals surface area contributed by atoms with Crippen LogP contribution in [0.1, 0.15) is 11.3 Å². The van der Waals surface area contributed by atoms with E-state index in [1.807, 2.05) is 19.1 Å².